The molecule has 1 amide bonds. The molecule has 1 aromatic carbocycles. The van der Waals surface area contributed by atoms with Crippen molar-refractivity contribution < 1.29 is 19.7 Å². The second-order valence-corrected chi connectivity index (χ2v) is 5.07. The van der Waals surface area contributed by atoms with Crippen LogP contribution in [0.4, 0.5) is 0 Å². The number of nitrogens with zero attached hydrogens (tertiary/aromatic N) is 1. The topological polar surface area (TPSA) is 70.0 Å². The van der Waals surface area contributed by atoms with Crippen LogP contribution in [0.15, 0.2) is 18.2 Å². The molecule has 1 fully saturated rings. The lowest BCUT2D eigenvalue weighted by atomic mass is 10.2. The number of β-amino-alcohol motifs (C(OH)–C–C–N with tert-alkyl or cyclic N) is 2. The first-order valence-electron chi connectivity index (χ1n) is 6.00. The van der Waals surface area contributed by atoms with Crippen molar-refractivity contribution in [3.8, 4) is 5.75 Å². The third kappa shape index (κ3) is 3.37. The highest BCUT2D eigenvalue weighted by Gasteiger charge is 2.32. The fourth-order valence-corrected chi connectivity index (χ4v) is 2.21. The van der Waals surface area contributed by atoms with Gasteiger partial charge in [-0.2, -0.15) is 0 Å². The second kappa shape index (κ2) is 5.77. The van der Waals surface area contributed by atoms with Crippen LogP contribution in [-0.2, 0) is 4.79 Å². The number of ether oxygens (including phenoxy) is 1. The second-order valence-electron chi connectivity index (χ2n) is 4.63. The van der Waals surface area contributed by atoms with E-state index in [0.717, 1.165) is 5.56 Å². The molecule has 1 aliphatic rings. The monoisotopic (exact) mass is 285 g/mol. The summed E-state index contributed by atoms with van der Waals surface area (Å²) in [4.78, 5) is 13.2. The van der Waals surface area contributed by atoms with E-state index < -0.39 is 12.2 Å². The Morgan fingerprint density at radius 3 is 2.63 bits per heavy atom. The Labute approximate surface area is 116 Å². The number of likely N-dealkylation sites (tertiary alicyclic amines) is 1. The van der Waals surface area contributed by atoms with Crippen LogP contribution in [-0.4, -0.2) is 52.9 Å². The highest BCUT2D eigenvalue weighted by Crippen LogP contribution is 2.22. The maximum absolute atomic E-state index is 11.8. The van der Waals surface area contributed by atoms with E-state index in [1.54, 1.807) is 18.2 Å². The standard InChI is InChI=1S/C13H16ClNO4/c1-8-4-9(14)2-3-12(8)19-7-13(18)15-5-10(16)11(17)6-15/h2-4,10-11,16-17H,5-7H2,1H3/t10-,11?/m0/s1. The van der Waals surface area contributed by atoms with E-state index in [-0.39, 0.29) is 25.6 Å². The number of benzene rings is 1. The molecule has 1 saturated heterocycles. The van der Waals surface area contributed by atoms with Gasteiger partial charge in [0.15, 0.2) is 6.61 Å². The average Bonchev–Trinajstić information content (AvgIpc) is 2.68. The first kappa shape index (κ1) is 14.1. The summed E-state index contributed by atoms with van der Waals surface area (Å²) in [7, 11) is 0. The Morgan fingerprint density at radius 2 is 2.05 bits per heavy atom. The molecule has 0 aromatic heterocycles. The van der Waals surface area contributed by atoms with Gasteiger partial charge < -0.3 is 19.8 Å². The van der Waals surface area contributed by atoms with Gasteiger partial charge in [0.1, 0.15) is 5.75 Å². The van der Waals surface area contributed by atoms with Gasteiger partial charge in [0, 0.05) is 18.1 Å². The van der Waals surface area contributed by atoms with E-state index in [1.807, 2.05) is 6.92 Å². The third-order valence-electron chi connectivity index (χ3n) is 3.10. The van der Waals surface area contributed by atoms with Gasteiger partial charge in [-0.1, -0.05) is 11.6 Å². The summed E-state index contributed by atoms with van der Waals surface area (Å²) in [5.74, 6) is 0.336. The van der Waals surface area contributed by atoms with Crippen LogP contribution >= 0.6 is 11.6 Å². The highest BCUT2D eigenvalue weighted by molar-refractivity contribution is 6.30. The van der Waals surface area contributed by atoms with E-state index in [0.29, 0.717) is 10.8 Å². The number of hydrogen-bond acceptors (Lipinski definition) is 4. The van der Waals surface area contributed by atoms with Gasteiger partial charge in [0.25, 0.3) is 5.91 Å². The van der Waals surface area contributed by atoms with Crippen LogP contribution in [0.5, 0.6) is 5.75 Å². The fraction of sp³-hybridized carbons (Fsp3) is 0.462. The van der Waals surface area contributed by atoms with Gasteiger partial charge in [0.2, 0.25) is 0 Å². The predicted molar refractivity (Wildman–Crippen MR) is 70.3 cm³/mol. The number of carbonyl (C=O) groups excluding carboxylic acids is 1. The smallest absolute Gasteiger partial charge is 0.260 e. The molecule has 19 heavy (non-hydrogen) atoms. The van der Waals surface area contributed by atoms with E-state index >= 15 is 0 Å². The minimum Gasteiger partial charge on any atom is -0.483 e. The Hall–Kier alpha value is -1.30. The molecule has 0 saturated carbocycles. The molecule has 1 aromatic rings. The number of aryl methyl sites for hydroxylation is 1. The lowest BCUT2D eigenvalue weighted by Gasteiger charge is -2.16. The predicted octanol–water partition coefficient (Wildman–Crippen LogP) is 0.591. The Balaban J connectivity index is 1.90. The number of aliphatic hydroxyl groups is 2. The van der Waals surface area contributed by atoms with Crippen LogP contribution in [0, 0.1) is 6.92 Å². The zero-order valence-corrected chi connectivity index (χ0v) is 11.3. The van der Waals surface area contributed by atoms with Gasteiger partial charge >= 0.3 is 0 Å². The Bertz CT molecular complexity index is 470. The molecule has 2 rings (SSSR count). The summed E-state index contributed by atoms with van der Waals surface area (Å²) in [5.41, 5.74) is 0.849. The summed E-state index contributed by atoms with van der Waals surface area (Å²) in [6, 6.07) is 5.15. The third-order valence-corrected chi connectivity index (χ3v) is 3.33. The van der Waals surface area contributed by atoms with Gasteiger partial charge in [0.05, 0.1) is 12.2 Å². The van der Waals surface area contributed by atoms with Gasteiger partial charge in [-0.3, -0.25) is 4.79 Å². The van der Waals surface area contributed by atoms with Gasteiger partial charge in [-0.15, -0.1) is 0 Å². The highest BCUT2D eigenvalue weighted by atomic mass is 35.5. The average molecular weight is 286 g/mol. The van der Waals surface area contributed by atoms with Crippen LogP contribution < -0.4 is 4.74 Å². The SMILES string of the molecule is Cc1cc(Cl)ccc1OCC(=O)N1CC(O)[C@@H](O)C1. The summed E-state index contributed by atoms with van der Waals surface area (Å²) >= 11 is 5.83. The maximum atomic E-state index is 11.8. The molecule has 1 aliphatic heterocycles. The molecular formula is C13H16ClNO4. The maximum Gasteiger partial charge on any atom is 0.260 e. The van der Waals surface area contributed by atoms with Crippen LogP contribution in [0.1, 0.15) is 5.56 Å². The van der Waals surface area contributed by atoms with E-state index in [1.165, 1.54) is 4.90 Å². The van der Waals surface area contributed by atoms with Gasteiger partial charge in [-0.25, -0.2) is 0 Å². The van der Waals surface area contributed by atoms with Crippen molar-refractivity contribution in [3.05, 3.63) is 28.8 Å². The number of rotatable bonds is 3. The van der Waals surface area contributed by atoms with Crippen molar-refractivity contribution >= 4 is 17.5 Å². The minimum atomic E-state index is -0.874. The molecule has 5 nitrogen and oxygen atoms in total. The largest absolute Gasteiger partial charge is 0.483 e. The molecule has 0 aliphatic carbocycles. The Morgan fingerprint density at radius 1 is 1.42 bits per heavy atom. The lowest BCUT2D eigenvalue weighted by Crippen LogP contribution is -2.34. The molecule has 0 spiro atoms. The lowest BCUT2D eigenvalue weighted by molar-refractivity contribution is -0.132. The number of halogens is 1. The molecule has 1 heterocycles. The van der Waals surface area contributed by atoms with Crippen molar-refractivity contribution in [3.63, 3.8) is 0 Å². The minimum absolute atomic E-state index is 0.123. The molecular weight excluding hydrogens is 270 g/mol. The number of carbonyl (C=O) groups is 1. The summed E-state index contributed by atoms with van der Waals surface area (Å²) in [6.07, 6.45) is -1.75. The molecule has 2 N–H and O–H groups in total. The zero-order valence-electron chi connectivity index (χ0n) is 10.5. The fourth-order valence-electron chi connectivity index (χ4n) is 1.98. The molecule has 1 unspecified atom stereocenters. The normalized spacial score (nSPS) is 22.6. The summed E-state index contributed by atoms with van der Waals surface area (Å²) < 4.78 is 5.42. The molecule has 0 bridgehead atoms. The first-order valence-corrected chi connectivity index (χ1v) is 6.38. The molecule has 104 valence electrons. The molecule has 6 heteroatoms. The first-order chi connectivity index (χ1) is 8.97. The van der Waals surface area contributed by atoms with Crippen LogP contribution in [0.2, 0.25) is 5.02 Å². The van der Waals surface area contributed by atoms with Crippen molar-refractivity contribution in [2.24, 2.45) is 0 Å². The quantitative estimate of drug-likeness (QED) is 0.853. The number of hydrogen-bond donors (Lipinski definition) is 2. The molecule has 2 atom stereocenters. The van der Waals surface area contributed by atoms with Crippen LogP contribution in [0.25, 0.3) is 0 Å². The van der Waals surface area contributed by atoms with Crippen molar-refractivity contribution in [2.45, 2.75) is 19.1 Å². The van der Waals surface area contributed by atoms with Crippen molar-refractivity contribution in [1.29, 1.82) is 0 Å². The number of amides is 1. The zero-order chi connectivity index (χ0) is 14.0. The molecule has 0 radical (unpaired) electrons. The van der Waals surface area contributed by atoms with Crippen molar-refractivity contribution in [1.82, 2.24) is 4.90 Å². The van der Waals surface area contributed by atoms with E-state index in [4.69, 9.17) is 16.3 Å². The van der Waals surface area contributed by atoms with Crippen molar-refractivity contribution in [2.75, 3.05) is 19.7 Å². The van der Waals surface area contributed by atoms with Gasteiger partial charge in [-0.05, 0) is 30.7 Å². The van der Waals surface area contributed by atoms with E-state index in [9.17, 15) is 15.0 Å². The number of aliphatic hydroxyl groups excluding tert-OH is 2. The van der Waals surface area contributed by atoms with E-state index in [2.05, 4.69) is 0 Å². The summed E-state index contributed by atoms with van der Waals surface area (Å²) in [5, 5.41) is 19.4. The van der Waals surface area contributed by atoms with Crippen LogP contribution in [0.3, 0.4) is 0 Å². The summed E-state index contributed by atoms with van der Waals surface area (Å²) in [6.45, 7) is 2.00. The Kier molecular flexibility index (Phi) is 4.29.